The van der Waals surface area contributed by atoms with Crippen molar-refractivity contribution in [1.82, 2.24) is 0 Å². The Balaban J connectivity index is 1.45. The van der Waals surface area contributed by atoms with Crippen LogP contribution < -0.4 is 4.90 Å². The largest absolute Gasteiger partial charge is 0.366 e. The molecule has 2 aromatic carbocycles. The van der Waals surface area contributed by atoms with E-state index in [4.69, 9.17) is 4.74 Å². The highest BCUT2D eigenvalue weighted by molar-refractivity contribution is 6.00. The van der Waals surface area contributed by atoms with Crippen LogP contribution in [0.1, 0.15) is 17.9 Å². The fourth-order valence-electron chi connectivity index (χ4n) is 4.06. The molecule has 0 spiro atoms. The smallest absolute Gasteiger partial charge is 0.235 e. The molecule has 0 radical (unpaired) electrons. The summed E-state index contributed by atoms with van der Waals surface area (Å²) in [7, 11) is 0. The molecule has 0 bridgehead atoms. The number of rotatable bonds is 4. The molecule has 2 aliphatic carbocycles. The molecular weight excluding hydrogens is 348 g/mol. The van der Waals surface area contributed by atoms with Crippen LogP contribution in [0.25, 0.3) is 0 Å². The van der Waals surface area contributed by atoms with Gasteiger partial charge in [-0.05, 0) is 42.2 Å². The molecule has 4 atom stereocenters. The maximum Gasteiger partial charge on any atom is 0.235 e. The van der Waals surface area contributed by atoms with Crippen LogP contribution in [0.3, 0.4) is 0 Å². The van der Waals surface area contributed by atoms with Gasteiger partial charge in [-0.25, -0.2) is 0 Å². The Morgan fingerprint density at radius 2 is 1.79 bits per heavy atom. The number of anilines is 1. The van der Waals surface area contributed by atoms with E-state index in [0.29, 0.717) is 12.5 Å². The Morgan fingerprint density at radius 1 is 1.04 bits per heavy atom. The summed E-state index contributed by atoms with van der Waals surface area (Å²) >= 11 is 0. The van der Waals surface area contributed by atoms with E-state index >= 15 is 0 Å². The molecule has 5 rings (SSSR count). The van der Waals surface area contributed by atoms with Crippen molar-refractivity contribution in [1.29, 1.82) is 0 Å². The number of allylic oxidation sites excluding steroid dienone is 1. The van der Waals surface area contributed by atoms with Gasteiger partial charge >= 0.3 is 0 Å². The van der Waals surface area contributed by atoms with Crippen molar-refractivity contribution in [3.05, 3.63) is 90.2 Å². The minimum absolute atomic E-state index is 0.00298. The van der Waals surface area contributed by atoms with Crippen LogP contribution >= 0.6 is 0 Å². The minimum atomic E-state index is -0.117. The number of benzene rings is 2. The zero-order chi connectivity index (χ0) is 18.9. The number of ether oxygens (including phenoxy) is 1. The van der Waals surface area contributed by atoms with Crippen LogP contribution in [0.15, 0.2) is 89.6 Å². The number of hydrogen-bond acceptors (Lipinski definition) is 3. The number of hydrogen-bond donors (Lipinski definition) is 0. The van der Waals surface area contributed by atoms with Gasteiger partial charge in [-0.15, -0.1) is 0 Å². The number of amides is 1. The van der Waals surface area contributed by atoms with Gasteiger partial charge in [0.15, 0.2) is 0 Å². The lowest BCUT2D eigenvalue weighted by Crippen LogP contribution is -2.37. The van der Waals surface area contributed by atoms with Crippen molar-refractivity contribution in [2.45, 2.75) is 24.5 Å². The fourth-order valence-corrected chi connectivity index (χ4v) is 4.06. The van der Waals surface area contributed by atoms with Crippen LogP contribution in [-0.4, -0.2) is 30.9 Å². The normalized spacial score (nSPS) is 27.6. The van der Waals surface area contributed by atoms with Crippen LogP contribution in [0.5, 0.6) is 0 Å². The Kier molecular flexibility index (Phi) is 4.41. The van der Waals surface area contributed by atoms with Crippen LogP contribution in [0.2, 0.25) is 0 Å². The van der Waals surface area contributed by atoms with Crippen LogP contribution in [0, 0.1) is 5.92 Å². The highest BCUT2D eigenvalue weighted by Gasteiger charge is 2.46. The quantitative estimate of drug-likeness (QED) is 0.813. The number of carbonyl (C=O) groups is 1. The summed E-state index contributed by atoms with van der Waals surface area (Å²) in [6.45, 7) is 0.511. The minimum Gasteiger partial charge on any atom is -0.366 e. The summed E-state index contributed by atoms with van der Waals surface area (Å²) in [5.74, 6) is 0.463. The molecule has 1 saturated carbocycles. The van der Waals surface area contributed by atoms with Crippen LogP contribution in [0.4, 0.5) is 5.69 Å². The van der Waals surface area contributed by atoms with Crippen molar-refractivity contribution < 1.29 is 9.53 Å². The molecule has 4 nitrogen and oxygen atoms in total. The van der Waals surface area contributed by atoms with Crippen molar-refractivity contribution in [2.24, 2.45) is 10.9 Å². The molecule has 0 aromatic heterocycles. The van der Waals surface area contributed by atoms with Gasteiger partial charge in [0.25, 0.3) is 0 Å². The second-order valence-corrected chi connectivity index (χ2v) is 7.44. The molecule has 140 valence electrons. The van der Waals surface area contributed by atoms with Gasteiger partial charge in [0.1, 0.15) is 6.10 Å². The summed E-state index contributed by atoms with van der Waals surface area (Å²) in [6.07, 6.45) is 8.65. The summed E-state index contributed by atoms with van der Waals surface area (Å²) < 4.78 is 5.83. The molecule has 4 unspecified atom stereocenters. The van der Waals surface area contributed by atoms with Gasteiger partial charge in [-0.1, -0.05) is 54.6 Å². The van der Waals surface area contributed by atoms with Gasteiger partial charge in [0.05, 0.1) is 12.6 Å². The number of fused-ring (bicyclic) bond motifs is 1. The molecule has 0 N–H and O–H groups in total. The second kappa shape index (κ2) is 7.21. The summed E-state index contributed by atoms with van der Waals surface area (Å²) in [4.78, 5) is 19.9. The van der Waals surface area contributed by atoms with Gasteiger partial charge in [0.2, 0.25) is 5.91 Å². The first-order valence-electron chi connectivity index (χ1n) is 9.78. The lowest BCUT2D eigenvalue weighted by atomic mass is 10.0. The average Bonchev–Trinajstić information content (AvgIpc) is 3.56. The van der Waals surface area contributed by atoms with Gasteiger partial charge in [-0.2, -0.15) is 0 Å². The lowest BCUT2D eigenvalue weighted by molar-refractivity contribution is -0.119. The second-order valence-electron chi connectivity index (χ2n) is 7.44. The third-order valence-electron chi connectivity index (χ3n) is 5.60. The first-order valence-corrected chi connectivity index (χ1v) is 9.78. The van der Waals surface area contributed by atoms with Crippen molar-refractivity contribution in [2.75, 3.05) is 11.5 Å². The molecule has 3 aliphatic rings. The maximum atomic E-state index is 13.5. The fraction of sp³-hybridized carbons (Fsp3) is 0.250. The van der Waals surface area contributed by atoms with Gasteiger partial charge < -0.3 is 4.74 Å². The predicted octanol–water partition coefficient (Wildman–Crippen LogP) is 4.12. The Morgan fingerprint density at radius 3 is 2.57 bits per heavy atom. The summed E-state index contributed by atoms with van der Waals surface area (Å²) in [5, 5.41) is 0. The summed E-state index contributed by atoms with van der Waals surface area (Å²) in [6, 6.07) is 20.2. The zero-order valence-electron chi connectivity index (χ0n) is 15.5. The first-order chi connectivity index (χ1) is 13.8. The van der Waals surface area contributed by atoms with Crippen molar-refractivity contribution in [3.8, 4) is 0 Å². The van der Waals surface area contributed by atoms with Crippen molar-refractivity contribution in [3.63, 3.8) is 0 Å². The van der Waals surface area contributed by atoms with Gasteiger partial charge in [-0.3, -0.25) is 14.7 Å². The Labute approximate surface area is 164 Å². The highest BCUT2D eigenvalue weighted by Crippen LogP contribution is 2.49. The molecular formula is C24H22N2O2. The van der Waals surface area contributed by atoms with E-state index in [0.717, 1.165) is 17.8 Å². The van der Waals surface area contributed by atoms with E-state index in [1.807, 2.05) is 71.7 Å². The number of para-hydroxylation sites is 1. The molecule has 1 amide bonds. The molecule has 2 aromatic rings. The van der Waals surface area contributed by atoms with E-state index in [-0.39, 0.29) is 24.0 Å². The highest BCUT2D eigenvalue weighted by atomic mass is 16.5. The molecule has 4 heteroatoms. The number of aliphatic imine (C=N–C) groups is 1. The monoisotopic (exact) mass is 370 g/mol. The molecule has 28 heavy (non-hydrogen) atoms. The Hall–Kier alpha value is -2.98. The third kappa shape index (κ3) is 3.20. The first kappa shape index (κ1) is 17.1. The molecule has 1 aliphatic heterocycles. The Bertz CT molecular complexity index is 949. The predicted molar refractivity (Wildman–Crippen MR) is 110 cm³/mol. The molecule has 1 fully saturated rings. The third-order valence-corrected chi connectivity index (χ3v) is 5.60. The van der Waals surface area contributed by atoms with E-state index < -0.39 is 0 Å². The summed E-state index contributed by atoms with van der Waals surface area (Å²) in [5.41, 5.74) is 3.00. The zero-order valence-corrected chi connectivity index (χ0v) is 15.5. The van der Waals surface area contributed by atoms with E-state index in [9.17, 15) is 4.79 Å². The van der Waals surface area contributed by atoms with E-state index in [1.54, 1.807) is 6.21 Å². The van der Waals surface area contributed by atoms with E-state index in [1.165, 1.54) is 5.56 Å². The van der Waals surface area contributed by atoms with Gasteiger partial charge in [0, 0.05) is 23.5 Å². The van der Waals surface area contributed by atoms with Crippen molar-refractivity contribution >= 4 is 17.8 Å². The SMILES string of the molecule is O=C(C1CC1c1ccccc1)N(C1=CC2OCC=NC2C=C1)c1ccccc1. The topological polar surface area (TPSA) is 41.9 Å². The average molecular weight is 370 g/mol. The number of nitrogens with zero attached hydrogens (tertiary/aromatic N) is 2. The molecule has 1 heterocycles. The lowest BCUT2D eigenvalue weighted by Gasteiger charge is -2.31. The van der Waals surface area contributed by atoms with Crippen LogP contribution in [-0.2, 0) is 9.53 Å². The van der Waals surface area contributed by atoms with E-state index in [2.05, 4.69) is 17.1 Å². The number of carbonyl (C=O) groups excluding carboxylic acids is 1. The maximum absolute atomic E-state index is 13.5. The molecule has 0 saturated heterocycles. The standard InChI is InChI=1S/C24H22N2O2/c27-24(21-16-20(21)17-7-3-1-4-8-17)26(18-9-5-2-6-10-18)19-11-12-22-23(15-19)28-14-13-25-22/h1-13,15,20-23H,14,16H2.